The molecule has 16 heavy (non-hydrogen) atoms. The van der Waals surface area contributed by atoms with Crippen molar-refractivity contribution < 1.29 is 9.84 Å². The third-order valence-corrected chi connectivity index (χ3v) is 2.81. The van der Waals surface area contributed by atoms with Crippen molar-refractivity contribution in [3.8, 4) is 5.75 Å². The predicted molar refractivity (Wildman–Crippen MR) is 63.7 cm³/mol. The monoisotopic (exact) mass is 221 g/mol. The number of aliphatic hydroxyl groups is 1. The van der Waals surface area contributed by atoms with Gasteiger partial charge in [0.2, 0.25) is 0 Å². The van der Waals surface area contributed by atoms with Crippen LogP contribution in [-0.2, 0) is 0 Å². The lowest BCUT2D eigenvalue weighted by molar-refractivity contribution is 0.0000472. The molecular formula is C13H19NO2. The lowest BCUT2D eigenvalue weighted by Crippen LogP contribution is -2.50. The molecule has 0 radical (unpaired) electrons. The van der Waals surface area contributed by atoms with E-state index in [1.54, 1.807) is 0 Å². The van der Waals surface area contributed by atoms with Gasteiger partial charge in [0, 0.05) is 19.6 Å². The molecule has 1 fully saturated rings. The Kier molecular flexibility index (Phi) is 3.80. The fourth-order valence-electron chi connectivity index (χ4n) is 1.91. The molecule has 3 heteroatoms. The van der Waals surface area contributed by atoms with Crippen LogP contribution in [0, 0.1) is 6.92 Å². The van der Waals surface area contributed by atoms with Gasteiger partial charge >= 0.3 is 0 Å². The summed E-state index contributed by atoms with van der Waals surface area (Å²) in [7, 11) is 0. The molecule has 1 aliphatic rings. The maximum Gasteiger partial charge on any atom is 0.119 e. The standard InChI is InChI=1S/C13H19NO2/c1-11-4-2-5-13(8-11)16-7-3-6-14-9-12(15)10-14/h2,4-5,8,12,15H,3,6-7,9-10H2,1H3. The molecule has 0 bridgehead atoms. The number of benzene rings is 1. The molecule has 0 atom stereocenters. The van der Waals surface area contributed by atoms with Crippen molar-refractivity contribution in [2.75, 3.05) is 26.2 Å². The van der Waals surface area contributed by atoms with Crippen LogP contribution in [0.1, 0.15) is 12.0 Å². The van der Waals surface area contributed by atoms with Gasteiger partial charge in [-0.25, -0.2) is 0 Å². The van der Waals surface area contributed by atoms with Gasteiger partial charge < -0.3 is 9.84 Å². The first kappa shape index (κ1) is 11.4. The van der Waals surface area contributed by atoms with Gasteiger partial charge in [0.25, 0.3) is 0 Å². The maximum atomic E-state index is 9.11. The molecule has 1 heterocycles. The van der Waals surface area contributed by atoms with E-state index in [0.717, 1.165) is 38.4 Å². The largest absolute Gasteiger partial charge is 0.494 e. The Bertz CT molecular complexity index is 334. The van der Waals surface area contributed by atoms with E-state index in [1.165, 1.54) is 5.56 Å². The highest BCUT2D eigenvalue weighted by Gasteiger charge is 2.22. The summed E-state index contributed by atoms with van der Waals surface area (Å²) < 4.78 is 5.64. The van der Waals surface area contributed by atoms with Crippen LogP contribution in [0.25, 0.3) is 0 Å². The molecule has 1 aromatic carbocycles. The van der Waals surface area contributed by atoms with E-state index in [-0.39, 0.29) is 6.10 Å². The number of hydrogen-bond acceptors (Lipinski definition) is 3. The minimum atomic E-state index is -0.0994. The molecule has 0 aliphatic carbocycles. The molecule has 1 saturated heterocycles. The zero-order chi connectivity index (χ0) is 11.4. The lowest BCUT2D eigenvalue weighted by atomic mass is 10.1. The highest BCUT2D eigenvalue weighted by molar-refractivity contribution is 5.27. The van der Waals surface area contributed by atoms with Crippen LogP contribution >= 0.6 is 0 Å². The van der Waals surface area contributed by atoms with Gasteiger partial charge in [-0.1, -0.05) is 12.1 Å². The summed E-state index contributed by atoms with van der Waals surface area (Å²) in [6.07, 6.45) is 0.915. The molecular weight excluding hydrogens is 202 g/mol. The molecule has 0 amide bonds. The Balaban J connectivity index is 1.61. The second-order valence-corrected chi connectivity index (χ2v) is 4.43. The number of hydrogen-bond donors (Lipinski definition) is 1. The number of ether oxygens (including phenoxy) is 1. The number of likely N-dealkylation sites (tertiary alicyclic amines) is 1. The lowest BCUT2D eigenvalue weighted by Gasteiger charge is -2.35. The number of aryl methyl sites for hydroxylation is 1. The van der Waals surface area contributed by atoms with Crippen molar-refractivity contribution in [1.82, 2.24) is 4.90 Å². The van der Waals surface area contributed by atoms with E-state index in [0.29, 0.717) is 0 Å². The molecule has 88 valence electrons. The van der Waals surface area contributed by atoms with Crippen molar-refractivity contribution in [3.05, 3.63) is 29.8 Å². The molecule has 1 aliphatic heterocycles. The number of aliphatic hydroxyl groups excluding tert-OH is 1. The van der Waals surface area contributed by atoms with E-state index in [2.05, 4.69) is 17.9 Å². The van der Waals surface area contributed by atoms with Gasteiger partial charge in [-0.05, 0) is 31.0 Å². The van der Waals surface area contributed by atoms with Gasteiger partial charge in [-0.15, -0.1) is 0 Å². The molecule has 1 N–H and O–H groups in total. The summed E-state index contributed by atoms with van der Waals surface area (Å²) in [5.74, 6) is 0.948. The number of nitrogens with zero attached hydrogens (tertiary/aromatic N) is 1. The minimum absolute atomic E-state index is 0.0994. The van der Waals surface area contributed by atoms with Crippen LogP contribution in [0.5, 0.6) is 5.75 Å². The first-order valence-electron chi connectivity index (χ1n) is 5.84. The zero-order valence-electron chi connectivity index (χ0n) is 9.72. The summed E-state index contributed by atoms with van der Waals surface area (Å²) in [5, 5.41) is 9.11. The van der Waals surface area contributed by atoms with Crippen molar-refractivity contribution in [2.45, 2.75) is 19.4 Å². The molecule has 0 saturated carbocycles. The fourth-order valence-corrected chi connectivity index (χ4v) is 1.91. The smallest absolute Gasteiger partial charge is 0.119 e. The highest BCUT2D eigenvalue weighted by atomic mass is 16.5. The maximum absolute atomic E-state index is 9.11. The van der Waals surface area contributed by atoms with Crippen LogP contribution in [0.2, 0.25) is 0 Å². The van der Waals surface area contributed by atoms with Crippen LogP contribution in [0.4, 0.5) is 0 Å². The SMILES string of the molecule is Cc1cccc(OCCCN2CC(O)C2)c1. The van der Waals surface area contributed by atoms with Crippen molar-refractivity contribution in [3.63, 3.8) is 0 Å². The van der Waals surface area contributed by atoms with Gasteiger partial charge in [-0.3, -0.25) is 4.90 Å². The Labute approximate surface area is 96.6 Å². The second-order valence-electron chi connectivity index (χ2n) is 4.43. The molecule has 1 aromatic rings. The second kappa shape index (κ2) is 5.32. The first-order chi connectivity index (χ1) is 7.74. The van der Waals surface area contributed by atoms with Crippen LogP contribution in [-0.4, -0.2) is 42.4 Å². The summed E-state index contributed by atoms with van der Waals surface area (Å²) in [6.45, 7) is 5.47. The van der Waals surface area contributed by atoms with E-state index < -0.39 is 0 Å². The topological polar surface area (TPSA) is 32.7 Å². The van der Waals surface area contributed by atoms with E-state index in [1.807, 2.05) is 18.2 Å². The number of rotatable bonds is 5. The van der Waals surface area contributed by atoms with E-state index in [4.69, 9.17) is 9.84 Å². The Hall–Kier alpha value is -1.06. The molecule has 2 rings (SSSR count). The van der Waals surface area contributed by atoms with E-state index in [9.17, 15) is 0 Å². The van der Waals surface area contributed by atoms with Gasteiger partial charge in [0.1, 0.15) is 5.75 Å². The normalized spacial score (nSPS) is 17.1. The number of β-amino-alcohol motifs (C(OH)–C–C–N with tert-alkyl or cyclic N) is 1. The van der Waals surface area contributed by atoms with Gasteiger partial charge in [0.15, 0.2) is 0 Å². The van der Waals surface area contributed by atoms with Crippen LogP contribution in [0.3, 0.4) is 0 Å². The molecule has 0 spiro atoms. The van der Waals surface area contributed by atoms with Gasteiger partial charge in [-0.2, -0.15) is 0 Å². The highest BCUT2D eigenvalue weighted by Crippen LogP contribution is 2.13. The van der Waals surface area contributed by atoms with Crippen LogP contribution in [0.15, 0.2) is 24.3 Å². The summed E-state index contributed by atoms with van der Waals surface area (Å²) in [5.41, 5.74) is 1.23. The third-order valence-electron chi connectivity index (χ3n) is 2.81. The Morgan fingerprint density at radius 1 is 1.44 bits per heavy atom. The minimum Gasteiger partial charge on any atom is -0.494 e. The average molecular weight is 221 g/mol. The van der Waals surface area contributed by atoms with Gasteiger partial charge in [0.05, 0.1) is 12.7 Å². The third kappa shape index (κ3) is 3.22. The average Bonchev–Trinajstić information content (AvgIpc) is 2.21. The molecule has 0 aromatic heterocycles. The summed E-state index contributed by atoms with van der Waals surface area (Å²) >= 11 is 0. The predicted octanol–water partition coefficient (Wildman–Crippen LogP) is 1.44. The van der Waals surface area contributed by atoms with Crippen molar-refractivity contribution in [2.24, 2.45) is 0 Å². The van der Waals surface area contributed by atoms with Crippen LogP contribution < -0.4 is 4.74 Å². The fraction of sp³-hybridized carbons (Fsp3) is 0.538. The molecule has 3 nitrogen and oxygen atoms in total. The summed E-state index contributed by atoms with van der Waals surface area (Å²) in [4.78, 5) is 2.24. The molecule has 0 unspecified atom stereocenters. The first-order valence-corrected chi connectivity index (χ1v) is 5.84. The van der Waals surface area contributed by atoms with E-state index >= 15 is 0 Å². The Morgan fingerprint density at radius 2 is 2.25 bits per heavy atom. The zero-order valence-corrected chi connectivity index (χ0v) is 9.72. The Morgan fingerprint density at radius 3 is 2.94 bits per heavy atom. The van der Waals surface area contributed by atoms with Crippen molar-refractivity contribution >= 4 is 0 Å². The quantitative estimate of drug-likeness (QED) is 0.764. The summed E-state index contributed by atoms with van der Waals surface area (Å²) in [6, 6.07) is 8.11. The van der Waals surface area contributed by atoms with Crippen molar-refractivity contribution in [1.29, 1.82) is 0 Å².